The fourth-order valence-electron chi connectivity index (χ4n) is 3.72. The first-order chi connectivity index (χ1) is 12.6. The van der Waals surface area contributed by atoms with Crippen molar-refractivity contribution in [3.8, 4) is 0 Å². The van der Waals surface area contributed by atoms with E-state index in [9.17, 15) is 14.4 Å². The molecule has 1 aromatic rings. The highest BCUT2D eigenvalue weighted by Crippen LogP contribution is 2.23. The summed E-state index contributed by atoms with van der Waals surface area (Å²) < 4.78 is 0. The topological polar surface area (TPSA) is 78.5 Å². The maximum absolute atomic E-state index is 12.3. The Morgan fingerprint density at radius 3 is 2.50 bits per heavy atom. The fraction of sp³-hybridized carbons (Fsp3) is 0.550. The number of piperidine rings is 1. The highest BCUT2D eigenvalue weighted by molar-refractivity contribution is 5.90. The molecule has 0 radical (unpaired) electrons. The molecule has 2 aliphatic rings. The van der Waals surface area contributed by atoms with E-state index in [-0.39, 0.29) is 23.8 Å². The number of benzene rings is 1. The van der Waals surface area contributed by atoms with Crippen LogP contribution in [-0.4, -0.2) is 41.8 Å². The molecule has 6 heteroatoms. The predicted octanol–water partition coefficient (Wildman–Crippen LogP) is 2.31. The summed E-state index contributed by atoms with van der Waals surface area (Å²) in [7, 11) is 0. The molecule has 140 valence electrons. The second kappa shape index (κ2) is 8.83. The number of likely N-dealkylation sites (tertiary alicyclic amines) is 1. The zero-order valence-corrected chi connectivity index (χ0v) is 15.1. The SMILES string of the molecule is O=C(CCC1CCN(C(=O)C[C@H]2CCC(=O)N2)CC1)Nc1ccccc1. The van der Waals surface area contributed by atoms with Crippen LogP contribution >= 0.6 is 0 Å². The van der Waals surface area contributed by atoms with Gasteiger partial charge in [-0.3, -0.25) is 14.4 Å². The lowest BCUT2D eigenvalue weighted by atomic mass is 9.91. The number of carbonyl (C=O) groups excluding carboxylic acids is 3. The van der Waals surface area contributed by atoms with Crippen molar-refractivity contribution >= 4 is 23.4 Å². The first kappa shape index (κ1) is 18.4. The van der Waals surface area contributed by atoms with Gasteiger partial charge in [0.2, 0.25) is 17.7 Å². The number of nitrogens with one attached hydrogen (secondary N) is 2. The van der Waals surface area contributed by atoms with Crippen LogP contribution in [0.4, 0.5) is 5.69 Å². The Bertz CT molecular complexity index is 639. The van der Waals surface area contributed by atoms with E-state index >= 15 is 0 Å². The lowest BCUT2D eigenvalue weighted by Gasteiger charge is -2.32. The fourth-order valence-corrected chi connectivity index (χ4v) is 3.72. The predicted molar refractivity (Wildman–Crippen MR) is 99.4 cm³/mol. The minimum atomic E-state index is 0.00871. The molecule has 2 aliphatic heterocycles. The van der Waals surface area contributed by atoms with E-state index in [4.69, 9.17) is 0 Å². The van der Waals surface area contributed by atoms with Crippen LogP contribution in [0.2, 0.25) is 0 Å². The van der Waals surface area contributed by atoms with E-state index in [1.807, 2.05) is 35.2 Å². The van der Waals surface area contributed by atoms with Gasteiger partial charge in [-0.05, 0) is 43.7 Å². The monoisotopic (exact) mass is 357 g/mol. The average molecular weight is 357 g/mol. The van der Waals surface area contributed by atoms with E-state index in [2.05, 4.69) is 10.6 Å². The highest BCUT2D eigenvalue weighted by Gasteiger charge is 2.28. The molecular weight excluding hydrogens is 330 g/mol. The highest BCUT2D eigenvalue weighted by atomic mass is 16.2. The molecule has 3 rings (SSSR count). The van der Waals surface area contributed by atoms with Crippen LogP contribution in [-0.2, 0) is 14.4 Å². The van der Waals surface area contributed by atoms with Gasteiger partial charge in [-0.15, -0.1) is 0 Å². The minimum Gasteiger partial charge on any atom is -0.353 e. The van der Waals surface area contributed by atoms with Gasteiger partial charge < -0.3 is 15.5 Å². The molecule has 6 nitrogen and oxygen atoms in total. The van der Waals surface area contributed by atoms with Crippen molar-refractivity contribution in [2.75, 3.05) is 18.4 Å². The molecular formula is C20H27N3O3. The quantitative estimate of drug-likeness (QED) is 0.820. The molecule has 0 bridgehead atoms. The van der Waals surface area contributed by atoms with Crippen LogP contribution in [0.5, 0.6) is 0 Å². The zero-order chi connectivity index (χ0) is 18.4. The van der Waals surface area contributed by atoms with Crippen molar-refractivity contribution in [2.45, 2.75) is 51.0 Å². The molecule has 1 atom stereocenters. The maximum Gasteiger partial charge on any atom is 0.224 e. The largest absolute Gasteiger partial charge is 0.353 e. The van der Waals surface area contributed by atoms with Gasteiger partial charge >= 0.3 is 0 Å². The molecule has 0 unspecified atom stereocenters. The van der Waals surface area contributed by atoms with Gasteiger partial charge in [0.25, 0.3) is 0 Å². The van der Waals surface area contributed by atoms with Crippen LogP contribution in [0, 0.1) is 5.92 Å². The summed E-state index contributed by atoms with van der Waals surface area (Å²) in [4.78, 5) is 37.5. The standard InChI is InChI=1S/C20H27N3O3/c24-18(21-16-4-2-1-3-5-16)8-6-15-10-12-23(13-11-15)20(26)14-17-7-9-19(25)22-17/h1-5,15,17H,6-14H2,(H,21,24)(H,22,25)/t17-/m1/s1. The number of carbonyl (C=O) groups is 3. The molecule has 1 aromatic carbocycles. The van der Waals surface area contributed by atoms with Crippen LogP contribution in [0.25, 0.3) is 0 Å². The Morgan fingerprint density at radius 2 is 1.85 bits per heavy atom. The Morgan fingerprint density at radius 1 is 1.12 bits per heavy atom. The molecule has 3 amide bonds. The van der Waals surface area contributed by atoms with E-state index in [1.54, 1.807) is 0 Å². The van der Waals surface area contributed by atoms with Crippen LogP contribution in [0.1, 0.15) is 44.9 Å². The zero-order valence-electron chi connectivity index (χ0n) is 15.1. The molecule has 0 spiro atoms. The number of anilines is 1. The van der Waals surface area contributed by atoms with Crippen LogP contribution < -0.4 is 10.6 Å². The van der Waals surface area contributed by atoms with Crippen LogP contribution in [0.3, 0.4) is 0 Å². The van der Waals surface area contributed by atoms with Gasteiger partial charge in [0.1, 0.15) is 0 Å². The summed E-state index contributed by atoms with van der Waals surface area (Å²) in [5.41, 5.74) is 0.830. The summed E-state index contributed by atoms with van der Waals surface area (Å²) in [6.45, 7) is 1.51. The van der Waals surface area contributed by atoms with Crippen molar-refractivity contribution in [3.05, 3.63) is 30.3 Å². The first-order valence-electron chi connectivity index (χ1n) is 9.52. The lowest BCUT2D eigenvalue weighted by molar-refractivity contribution is -0.133. The van der Waals surface area contributed by atoms with E-state index < -0.39 is 0 Å². The third kappa shape index (κ3) is 5.31. The minimum absolute atomic E-state index is 0.00871. The number of amides is 3. The number of para-hydroxylation sites is 1. The van der Waals surface area contributed by atoms with Crippen molar-refractivity contribution in [1.82, 2.24) is 10.2 Å². The summed E-state index contributed by atoms with van der Waals surface area (Å²) in [5.74, 6) is 0.728. The second-order valence-electron chi connectivity index (χ2n) is 7.28. The maximum atomic E-state index is 12.3. The third-order valence-corrected chi connectivity index (χ3v) is 5.31. The normalized spacial score (nSPS) is 20.7. The van der Waals surface area contributed by atoms with Gasteiger partial charge in [0, 0.05) is 44.1 Å². The number of hydrogen-bond acceptors (Lipinski definition) is 3. The Balaban J connectivity index is 1.34. The van der Waals surface area contributed by atoms with Crippen molar-refractivity contribution < 1.29 is 14.4 Å². The third-order valence-electron chi connectivity index (χ3n) is 5.31. The van der Waals surface area contributed by atoms with Gasteiger partial charge in [0.15, 0.2) is 0 Å². The van der Waals surface area contributed by atoms with Crippen molar-refractivity contribution in [3.63, 3.8) is 0 Å². The number of nitrogens with zero attached hydrogens (tertiary/aromatic N) is 1. The Hall–Kier alpha value is -2.37. The van der Waals surface area contributed by atoms with Crippen molar-refractivity contribution in [1.29, 1.82) is 0 Å². The summed E-state index contributed by atoms with van der Waals surface area (Å²) in [6.07, 6.45) is 4.97. The first-order valence-corrected chi connectivity index (χ1v) is 9.52. The van der Waals surface area contributed by atoms with Crippen molar-refractivity contribution in [2.24, 2.45) is 5.92 Å². The summed E-state index contributed by atoms with van der Waals surface area (Å²) in [5, 5.41) is 5.77. The summed E-state index contributed by atoms with van der Waals surface area (Å²) >= 11 is 0. The van der Waals surface area contributed by atoms with E-state index in [1.165, 1.54) is 0 Å². The molecule has 0 aliphatic carbocycles. The molecule has 2 N–H and O–H groups in total. The van der Waals surface area contributed by atoms with E-state index in [0.717, 1.165) is 44.5 Å². The average Bonchev–Trinajstić information content (AvgIpc) is 3.06. The smallest absolute Gasteiger partial charge is 0.224 e. The number of rotatable bonds is 6. The molecule has 2 fully saturated rings. The molecule has 2 heterocycles. The Kier molecular flexibility index (Phi) is 6.26. The summed E-state index contributed by atoms with van der Waals surface area (Å²) in [6, 6.07) is 9.50. The van der Waals surface area contributed by atoms with E-state index in [0.29, 0.717) is 25.2 Å². The van der Waals surface area contributed by atoms with Gasteiger partial charge in [-0.1, -0.05) is 18.2 Å². The molecule has 26 heavy (non-hydrogen) atoms. The molecule has 0 saturated carbocycles. The van der Waals surface area contributed by atoms with Crippen LogP contribution in [0.15, 0.2) is 30.3 Å². The lowest BCUT2D eigenvalue weighted by Crippen LogP contribution is -2.41. The Labute approximate surface area is 154 Å². The second-order valence-corrected chi connectivity index (χ2v) is 7.28. The van der Waals surface area contributed by atoms with Gasteiger partial charge in [-0.2, -0.15) is 0 Å². The molecule has 2 saturated heterocycles. The van der Waals surface area contributed by atoms with Gasteiger partial charge in [-0.25, -0.2) is 0 Å². The molecule has 0 aromatic heterocycles. The number of hydrogen-bond donors (Lipinski definition) is 2. The van der Waals surface area contributed by atoms with Gasteiger partial charge in [0.05, 0.1) is 0 Å².